The molecule has 1 aliphatic rings. The first-order chi connectivity index (χ1) is 4.69. The van der Waals surface area contributed by atoms with Crippen molar-refractivity contribution in [2.24, 2.45) is 0 Å². The topological polar surface area (TPSA) is 52.5 Å². The van der Waals surface area contributed by atoms with Crippen molar-refractivity contribution in [1.29, 1.82) is 0 Å². The maximum atomic E-state index is 9.63. The first-order valence-corrected chi connectivity index (χ1v) is 4.68. The highest BCUT2D eigenvalue weighted by Crippen LogP contribution is 2.18. The summed E-state index contributed by atoms with van der Waals surface area (Å²) in [4.78, 5) is 0. The van der Waals surface area contributed by atoms with E-state index < -0.39 is 11.7 Å². The summed E-state index contributed by atoms with van der Waals surface area (Å²) in [5.74, 6) is 0.598. The normalized spacial score (nSPS) is 40.5. The Morgan fingerprint density at radius 1 is 1.80 bits per heavy atom. The van der Waals surface area contributed by atoms with Crippen LogP contribution in [0.4, 0.5) is 0 Å². The maximum Gasteiger partial charge on any atom is 0.113 e. The average molecular weight is 163 g/mol. The van der Waals surface area contributed by atoms with Gasteiger partial charge in [0, 0.05) is 18.8 Å². The van der Waals surface area contributed by atoms with Crippen LogP contribution in [0, 0.1) is 0 Å². The number of rotatable bonds is 2. The van der Waals surface area contributed by atoms with Gasteiger partial charge < -0.3 is 15.5 Å². The Kier molecular flexibility index (Phi) is 2.57. The van der Waals surface area contributed by atoms with E-state index in [9.17, 15) is 10.2 Å². The third-order valence-corrected chi connectivity index (χ3v) is 2.57. The van der Waals surface area contributed by atoms with E-state index in [1.54, 1.807) is 11.8 Å². The molecule has 1 fully saturated rings. The number of aliphatic hydroxyl groups excluding tert-OH is 1. The predicted molar refractivity (Wildman–Crippen MR) is 42.2 cm³/mol. The van der Waals surface area contributed by atoms with Crippen molar-refractivity contribution in [1.82, 2.24) is 5.32 Å². The molecule has 0 aromatic heterocycles. The van der Waals surface area contributed by atoms with Crippen LogP contribution >= 0.6 is 11.8 Å². The largest absolute Gasteiger partial charge is 0.389 e. The van der Waals surface area contributed by atoms with Crippen LogP contribution in [0.2, 0.25) is 0 Å². The highest BCUT2D eigenvalue weighted by atomic mass is 32.2. The van der Waals surface area contributed by atoms with E-state index in [0.717, 1.165) is 0 Å². The van der Waals surface area contributed by atoms with Crippen molar-refractivity contribution in [3.63, 3.8) is 0 Å². The van der Waals surface area contributed by atoms with Crippen LogP contribution in [0.15, 0.2) is 0 Å². The van der Waals surface area contributed by atoms with Crippen LogP contribution in [0.5, 0.6) is 0 Å². The summed E-state index contributed by atoms with van der Waals surface area (Å²) in [6.07, 6.45) is 1.32. The molecule has 1 aliphatic heterocycles. The van der Waals surface area contributed by atoms with Crippen molar-refractivity contribution >= 4 is 11.8 Å². The molecule has 4 heteroatoms. The lowest BCUT2D eigenvalue weighted by Crippen LogP contribution is -2.43. The third-order valence-electron chi connectivity index (χ3n) is 1.78. The van der Waals surface area contributed by atoms with Gasteiger partial charge in [-0.3, -0.25) is 0 Å². The number of hydrogen-bond acceptors (Lipinski definition) is 4. The van der Waals surface area contributed by atoms with Gasteiger partial charge in [0.2, 0.25) is 0 Å². The maximum absolute atomic E-state index is 9.63. The highest BCUT2D eigenvalue weighted by molar-refractivity contribution is 7.98. The number of thioether (sulfide) groups is 1. The Morgan fingerprint density at radius 3 is 2.90 bits per heavy atom. The molecule has 10 heavy (non-hydrogen) atoms. The van der Waals surface area contributed by atoms with Gasteiger partial charge in [-0.15, -0.1) is 0 Å². The zero-order chi connectivity index (χ0) is 7.61. The lowest BCUT2D eigenvalue weighted by Gasteiger charge is -2.23. The second kappa shape index (κ2) is 3.09. The summed E-state index contributed by atoms with van der Waals surface area (Å²) in [5, 5.41) is 21.8. The molecule has 1 saturated heterocycles. The van der Waals surface area contributed by atoms with Gasteiger partial charge in [0.1, 0.15) is 5.60 Å². The number of aliphatic hydroxyl groups is 2. The van der Waals surface area contributed by atoms with Gasteiger partial charge in [-0.1, -0.05) is 0 Å². The molecule has 3 N–H and O–H groups in total. The summed E-state index contributed by atoms with van der Waals surface area (Å²) in [5.41, 5.74) is -0.889. The zero-order valence-corrected chi connectivity index (χ0v) is 6.82. The van der Waals surface area contributed by atoms with Crippen LogP contribution in [0.1, 0.15) is 0 Å². The molecule has 0 saturated carbocycles. The molecular formula is C6H13NO2S. The Bertz CT molecular complexity index is 122. The van der Waals surface area contributed by atoms with Crippen molar-refractivity contribution in [3.05, 3.63) is 0 Å². The average Bonchev–Trinajstić information content (AvgIpc) is 2.15. The molecule has 0 bridgehead atoms. The fourth-order valence-corrected chi connectivity index (χ4v) is 1.92. The molecule has 1 rings (SSSR count). The molecule has 60 valence electrons. The summed E-state index contributed by atoms with van der Waals surface area (Å²) in [7, 11) is 0. The Labute approximate surface area is 64.8 Å². The number of hydrogen-bond donors (Lipinski definition) is 3. The monoisotopic (exact) mass is 163 g/mol. The summed E-state index contributed by atoms with van der Waals surface area (Å²) < 4.78 is 0. The minimum atomic E-state index is -0.889. The molecule has 0 aliphatic carbocycles. The number of nitrogens with one attached hydrogen (secondary N) is 1. The molecule has 0 aromatic rings. The van der Waals surface area contributed by atoms with E-state index in [1.807, 2.05) is 6.26 Å². The van der Waals surface area contributed by atoms with E-state index in [2.05, 4.69) is 5.32 Å². The fourth-order valence-electron chi connectivity index (χ4n) is 1.13. The van der Waals surface area contributed by atoms with Crippen LogP contribution < -0.4 is 5.32 Å². The van der Waals surface area contributed by atoms with Gasteiger partial charge in [-0.2, -0.15) is 11.8 Å². The first kappa shape index (κ1) is 8.33. The van der Waals surface area contributed by atoms with E-state index in [-0.39, 0.29) is 0 Å². The molecule has 2 unspecified atom stereocenters. The summed E-state index contributed by atoms with van der Waals surface area (Å²) in [6, 6.07) is 0. The predicted octanol–water partition coefficient (Wildman–Crippen LogP) is -0.955. The van der Waals surface area contributed by atoms with E-state index in [0.29, 0.717) is 18.8 Å². The van der Waals surface area contributed by atoms with Crippen molar-refractivity contribution < 1.29 is 10.2 Å². The van der Waals surface area contributed by atoms with E-state index in [4.69, 9.17) is 0 Å². The Balaban J connectivity index is 2.48. The van der Waals surface area contributed by atoms with Gasteiger partial charge in [0.15, 0.2) is 0 Å². The minimum Gasteiger partial charge on any atom is -0.389 e. The standard InChI is InChI=1S/C6H13NO2S/c1-10-4-6(9)3-7-2-5(6)8/h5,7-9H,2-4H2,1H3. The summed E-state index contributed by atoms with van der Waals surface area (Å²) in [6.45, 7) is 1.02. The van der Waals surface area contributed by atoms with Crippen molar-refractivity contribution in [3.8, 4) is 0 Å². The molecule has 0 amide bonds. The molecule has 1 heterocycles. The second-order valence-corrected chi connectivity index (χ2v) is 3.55. The second-order valence-electron chi connectivity index (χ2n) is 2.68. The molecule has 3 nitrogen and oxygen atoms in total. The SMILES string of the molecule is CSCC1(O)CNCC1O. The van der Waals surface area contributed by atoms with Gasteiger partial charge in [0.05, 0.1) is 6.10 Å². The van der Waals surface area contributed by atoms with Crippen LogP contribution in [-0.2, 0) is 0 Å². The fraction of sp³-hybridized carbons (Fsp3) is 1.00. The molecule has 2 atom stereocenters. The van der Waals surface area contributed by atoms with Crippen molar-refractivity contribution in [2.45, 2.75) is 11.7 Å². The van der Waals surface area contributed by atoms with E-state index >= 15 is 0 Å². The number of β-amino-alcohol motifs (C(OH)–C–C–N with tert-alkyl or cyclic N) is 2. The Hall–Kier alpha value is 0.230. The smallest absolute Gasteiger partial charge is 0.113 e. The van der Waals surface area contributed by atoms with Crippen LogP contribution in [-0.4, -0.2) is 47.0 Å². The van der Waals surface area contributed by atoms with Gasteiger partial charge in [-0.25, -0.2) is 0 Å². The zero-order valence-electron chi connectivity index (χ0n) is 6.00. The molecule has 0 aromatic carbocycles. The molecule has 0 spiro atoms. The van der Waals surface area contributed by atoms with E-state index in [1.165, 1.54) is 0 Å². The van der Waals surface area contributed by atoms with Crippen LogP contribution in [0.3, 0.4) is 0 Å². The summed E-state index contributed by atoms with van der Waals surface area (Å²) >= 11 is 1.55. The van der Waals surface area contributed by atoms with Crippen LogP contribution in [0.25, 0.3) is 0 Å². The third kappa shape index (κ3) is 1.45. The van der Waals surface area contributed by atoms with Gasteiger partial charge in [-0.05, 0) is 6.26 Å². The first-order valence-electron chi connectivity index (χ1n) is 3.29. The quantitative estimate of drug-likeness (QED) is 0.491. The lowest BCUT2D eigenvalue weighted by molar-refractivity contribution is -0.0208. The molecule has 0 radical (unpaired) electrons. The Morgan fingerprint density at radius 2 is 2.50 bits per heavy atom. The highest BCUT2D eigenvalue weighted by Gasteiger charge is 2.39. The molecular weight excluding hydrogens is 150 g/mol. The van der Waals surface area contributed by atoms with Gasteiger partial charge >= 0.3 is 0 Å². The minimum absolute atomic E-state index is 0.509. The van der Waals surface area contributed by atoms with Gasteiger partial charge in [0.25, 0.3) is 0 Å². The van der Waals surface area contributed by atoms with Crippen molar-refractivity contribution in [2.75, 3.05) is 25.1 Å². The lowest BCUT2D eigenvalue weighted by atomic mass is 10.0.